The van der Waals surface area contributed by atoms with Crippen molar-refractivity contribution in [3.8, 4) is 11.6 Å². The third-order valence-electron chi connectivity index (χ3n) is 3.53. The number of carbonyl (C=O) groups is 1. The molecule has 0 aliphatic rings. The molecule has 2 heterocycles. The van der Waals surface area contributed by atoms with Gasteiger partial charge in [0.2, 0.25) is 10.0 Å². The van der Waals surface area contributed by atoms with Crippen LogP contribution >= 0.6 is 0 Å². The predicted octanol–water partition coefficient (Wildman–Crippen LogP) is 1.90. The molecule has 0 saturated heterocycles. The number of benzene rings is 1. The zero-order valence-electron chi connectivity index (χ0n) is 14.6. The normalized spacial score (nSPS) is 11.0. The zero-order chi connectivity index (χ0) is 19.4. The van der Waals surface area contributed by atoms with Crippen LogP contribution < -0.4 is 14.8 Å². The fraction of sp³-hybridized carbons (Fsp3) is 0.118. The Morgan fingerprint density at radius 3 is 2.63 bits per heavy atom. The molecule has 10 heteroatoms. The van der Waals surface area contributed by atoms with Crippen molar-refractivity contribution in [3.05, 3.63) is 60.8 Å². The van der Waals surface area contributed by atoms with Crippen LogP contribution in [0.15, 0.2) is 55.2 Å². The summed E-state index contributed by atoms with van der Waals surface area (Å²) < 4.78 is 32.2. The van der Waals surface area contributed by atoms with E-state index in [4.69, 9.17) is 4.74 Å². The largest absolute Gasteiger partial charge is 0.495 e. The van der Waals surface area contributed by atoms with E-state index in [0.29, 0.717) is 22.8 Å². The summed E-state index contributed by atoms with van der Waals surface area (Å²) in [5.41, 5.74) is 0.990. The molecular formula is C17H17N5O4S. The van der Waals surface area contributed by atoms with Gasteiger partial charge in [-0.3, -0.25) is 14.1 Å². The Balaban J connectivity index is 1.78. The Kier molecular flexibility index (Phi) is 5.08. The van der Waals surface area contributed by atoms with Crippen molar-refractivity contribution in [2.75, 3.05) is 23.4 Å². The van der Waals surface area contributed by atoms with Crippen LogP contribution in [0.25, 0.3) is 5.82 Å². The lowest BCUT2D eigenvalue weighted by Crippen LogP contribution is -2.14. The molecule has 0 bridgehead atoms. The van der Waals surface area contributed by atoms with Gasteiger partial charge in [0.15, 0.2) is 0 Å². The van der Waals surface area contributed by atoms with E-state index < -0.39 is 10.0 Å². The van der Waals surface area contributed by atoms with E-state index in [0.717, 1.165) is 6.26 Å². The maximum absolute atomic E-state index is 12.4. The number of amides is 1. The van der Waals surface area contributed by atoms with Gasteiger partial charge in [-0.2, -0.15) is 0 Å². The van der Waals surface area contributed by atoms with Crippen LogP contribution in [0.5, 0.6) is 5.75 Å². The van der Waals surface area contributed by atoms with Crippen molar-refractivity contribution in [2.45, 2.75) is 0 Å². The number of nitrogens with one attached hydrogen (secondary N) is 2. The Bertz CT molecular complexity index is 1050. The molecule has 0 aliphatic carbocycles. The van der Waals surface area contributed by atoms with E-state index in [1.807, 2.05) is 0 Å². The standard InChI is InChI=1S/C17H17N5O4S/c1-26-15-5-4-13(9-14(15)21-27(2,24)25)20-17(23)12-3-6-16(19-10-12)22-8-7-18-11-22/h3-11,21H,1-2H3,(H,20,23). The van der Waals surface area contributed by atoms with Crippen LogP contribution in [0.4, 0.5) is 11.4 Å². The van der Waals surface area contributed by atoms with Crippen LogP contribution in [0.1, 0.15) is 10.4 Å². The maximum atomic E-state index is 12.4. The topological polar surface area (TPSA) is 115 Å². The van der Waals surface area contributed by atoms with E-state index in [9.17, 15) is 13.2 Å². The number of hydrogen-bond acceptors (Lipinski definition) is 6. The van der Waals surface area contributed by atoms with Crippen molar-refractivity contribution in [1.29, 1.82) is 0 Å². The SMILES string of the molecule is COc1ccc(NC(=O)c2ccc(-n3ccnc3)nc2)cc1NS(C)(=O)=O. The average molecular weight is 387 g/mol. The van der Waals surface area contributed by atoms with Gasteiger partial charge in [-0.05, 0) is 30.3 Å². The molecule has 1 amide bonds. The van der Waals surface area contributed by atoms with Crippen molar-refractivity contribution in [2.24, 2.45) is 0 Å². The van der Waals surface area contributed by atoms with Crippen molar-refractivity contribution < 1.29 is 17.9 Å². The second-order valence-corrected chi connectivity index (χ2v) is 7.37. The molecule has 0 atom stereocenters. The molecule has 27 heavy (non-hydrogen) atoms. The number of sulfonamides is 1. The smallest absolute Gasteiger partial charge is 0.257 e. The summed E-state index contributed by atoms with van der Waals surface area (Å²) in [5, 5.41) is 2.70. The van der Waals surface area contributed by atoms with Gasteiger partial charge < -0.3 is 10.1 Å². The number of imidazole rings is 1. The highest BCUT2D eigenvalue weighted by molar-refractivity contribution is 7.92. The summed E-state index contributed by atoms with van der Waals surface area (Å²) in [7, 11) is -2.07. The highest BCUT2D eigenvalue weighted by atomic mass is 32.2. The van der Waals surface area contributed by atoms with E-state index in [2.05, 4.69) is 20.0 Å². The number of rotatable bonds is 6. The number of methoxy groups -OCH3 is 1. The highest BCUT2D eigenvalue weighted by Crippen LogP contribution is 2.28. The molecule has 0 aliphatic heterocycles. The van der Waals surface area contributed by atoms with Crippen LogP contribution in [-0.2, 0) is 10.0 Å². The van der Waals surface area contributed by atoms with Crippen LogP contribution in [0.3, 0.4) is 0 Å². The molecule has 2 aromatic heterocycles. The van der Waals surface area contributed by atoms with Gasteiger partial charge in [0, 0.05) is 24.3 Å². The van der Waals surface area contributed by atoms with Gasteiger partial charge in [0.1, 0.15) is 17.9 Å². The number of nitrogens with zero attached hydrogens (tertiary/aromatic N) is 3. The maximum Gasteiger partial charge on any atom is 0.257 e. The number of aromatic nitrogens is 3. The number of hydrogen-bond donors (Lipinski definition) is 2. The lowest BCUT2D eigenvalue weighted by atomic mass is 10.2. The summed E-state index contributed by atoms with van der Waals surface area (Å²) >= 11 is 0. The minimum atomic E-state index is -3.49. The van der Waals surface area contributed by atoms with Crippen molar-refractivity contribution >= 4 is 27.3 Å². The van der Waals surface area contributed by atoms with Gasteiger partial charge in [-0.25, -0.2) is 18.4 Å². The minimum absolute atomic E-state index is 0.228. The predicted molar refractivity (Wildman–Crippen MR) is 101 cm³/mol. The Morgan fingerprint density at radius 1 is 1.22 bits per heavy atom. The summed E-state index contributed by atoms with van der Waals surface area (Å²) in [5.74, 6) is 0.591. The van der Waals surface area contributed by atoms with Gasteiger partial charge in [0.05, 0.1) is 24.6 Å². The molecule has 3 aromatic rings. The molecule has 3 rings (SSSR count). The van der Waals surface area contributed by atoms with Crippen LogP contribution in [0, 0.1) is 0 Å². The number of carbonyl (C=O) groups excluding carboxylic acids is 1. The summed E-state index contributed by atoms with van der Waals surface area (Å²) in [6.45, 7) is 0. The molecule has 0 unspecified atom stereocenters. The second kappa shape index (κ2) is 7.46. The van der Waals surface area contributed by atoms with Crippen molar-refractivity contribution in [3.63, 3.8) is 0 Å². The molecular weight excluding hydrogens is 370 g/mol. The lowest BCUT2D eigenvalue weighted by Gasteiger charge is -2.12. The van der Waals surface area contributed by atoms with E-state index >= 15 is 0 Å². The summed E-state index contributed by atoms with van der Waals surface area (Å²) in [6, 6.07) is 7.98. The molecule has 0 fully saturated rings. The van der Waals surface area contributed by atoms with Gasteiger partial charge in [-0.1, -0.05) is 0 Å². The fourth-order valence-electron chi connectivity index (χ4n) is 2.34. The number of anilines is 2. The summed E-state index contributed by atoms with van der Waals surface area (Å²) in [4.78, 5) is 20.6. The van der Waals surface area contributed by atoms with E-state index in [1.54, 1.807) is 47.6 Å². The third kappa shape index (κ3) is 4.61. The van der Waals surface area contributed by atoms with Crippen molar-refractivity contribution in [1.82, 2.24) is 14.5 Å². The molecule has 140 valence electrons. The van der Waals surface area contributed by atoms with E-state index in [-0.39, 0.29) is 11.6 Å². The summed E-state index contributed by atoms with van der Waals surface area (Å²) in [6.07, 6.45) is 7.47. The first kappa shape index (κ1) is 18.4. The highest BCUT2D eigenvalue weighted by Gasteiger charge is 2.12. The number of pyridine rings is 1. The molecule has 0 spiro atoms. The quantitative estimate of drug-likeness (QED) is 0.667. The van der Waals surface area contributed by atoms with Gasteiger partial charge in [-0.15, -0.1) is 0 Å². The fourth-order valence-corrected chi connectivity index (χ4v) is 2.90. The first-order chi connectivity index (χ1) is 12.9. The van der Waals surface area contributed by atoms with Crippen LogP contribution in [0.2, 0.25) is 0 Å². The molecule has 0 radical (unpaired) electrons. The molecule has 2 N–H and O–H groups in total. The Labute approximate surface area is 156 Å². The number of ether oxygens (including phenoxy) is 1. The Morgan fingerprint density at radius 2 is 2.04 bits per heavy atom. The third-order valence-corrected chi connectivity index (χ3v) is 4.12. The molecule has 0 saturated carbocycles. The Hall–Kier alpha value is -3.40. The first-order valence-corrected chi connectivity index (χ1v) is 9.66. The lowest BCUT2D eigenvalue weighted by molar-refractivity contribution is 0.102. The van der Waals surface area contributed by atoms with Gasteiger partial charge in [0.25, 0.3) is 5.91 Å². The molecule has 9 nitrogen and oxygen atoms in total. The van der Waals surface area contributed by atoms with Crippen LogP contribution in [-0.4, -0.2) is 42.2 Å². The zero-order valence-corrected chi connectivity index (χ0v) is 15.4. The average Bonchev–Trinajstić information content (AvgIpc) is 3.15. The first-order valence-electron chi connectivity index (χ1n) is 7.77. The molecule has 1 aromatic carbocycles. The monoisotopic (exact) mass is 387 g/mol. The minimum Gasteiger partial charge on any atom is -0.495 e. The second-order valence-electron chi connectivity index (χ2n) is 5.62. The van der Waals surface area contributed by atoms with Gasteiger partial charge >= 0.3 is 0 Å². The van der Waals surface area contributed by atoms with E-state index in [1.165, 1.54) is 19.4 Å².